The fourth-order valence-corrected chi connectivity index (χ4v) is 3.59. The summed E-state index contributed by atoms with van der Waals surface area (Å²) in [5, 5.41) is 8.76. The third kappa shape index (κ3) is 5.39. The van der Waals surface area contributed by atoms with Crippen molar-refractivity contribution in [2.24, 2.45) is 0 Å². The van der Waals surface area contributed by atoms with Gasteiger partial charge in [0.25, 0.3) is 5.91 Å². The summed E-state index contributed by atoms with van der Waals surface area (Å²) < 4.78 is 5.24. The van der Waals surface area contributed by atoms with Crippen LogP contribution in [0, 0.1) is 0 Å². The fraction of sp³-hybridized carbons (Fsp3) is 0.556. The van der Waals surface area contributed by atoms with E-state index in [-0.39, 0.29) is 5.91 Å². The molecule has 1 saturated heterocycles. The Morgan fingerprint density at radius 1 is 1.28 bits per heavy atom. The zero-order chi connectivity index (χ0) is 17.5. The SMILES string of the molecule is CN1CCN(CCCCCNC(=O)c2cc(-c3cccs3)on2)CC1. The van der Waals surface area contributed by atoms with Crippen molar-refractivity contribution in [3.63, 3.8) is 0 Å². The van der Waals surface area contributed by atoms with Gasteiger partial charge in [0.2, 0.25) is 0 Å². The van der Waals surface area contributed by atoms with Gasteiger partial charge in [0.15, 0.2) is 11.5 Å². The van der Waals surface area contributed by atoms with Gasteiger partial charge < -0.3 is 19.6 Å². The largest absolute Gasteiger partial charge is 0.355 e. The molecule has 0 bridgehead atoms. The number of rotatable bonds is 8. The second-order valence-electron chi connectivity index (χ2n) is 6.52. The van der Waals surface area contributed by atoms with Gasteiger partial charge in [0.1, 0.15) is 0 Å². The van der Waals surface area contributed by atoms with Crippen molar-refractivity contribution >= 4 is 17.2 Å². The van der Waals surface area contributed by atoms with Crippen LogP contribution in [0.5, 0.6) is 0 Å². The van der Waals surface area contributed by atoms with Gasteiger partial charge in [-0.1, -0.05) is 17.6 Å². The van der Waals surface area contributed by atoms with Crippen LogP contribution < -0.4 is 5.32 Å². The minimum Gasteiger partial charge on any atom is -0.355 e. The van der Waals surface area contributed by atoms with Crippen molar-refractivity contribution in [3.05, 3.63) is 29.3 Å². The molecule has 1 aliphatic rings. The van der Waals surface area contributed by atoms with Gasteiger partial charge in [-0.3, -0.25) is 4.79 Å². The van der Waals surface area contributed by atoms with E-state index in [0.717, 1.165) is 24.3 Å². The number of nitrogens with zero attached hydrogens (tertiary/aromatic N) is 3. The number of unbranched alkanes of at least 4 members (excludes halogenated alkanes) is 2. The number of carbonyl (C=O) groups is 1. The highest BCUT2D eigenvalue weighted by molar-refractivity contribution is 7.13. The molecule has 3 heterocycles. The van der Waals surface area contributed by atoms with Crippen LogP contribution in [0.4, 0.5) is 0 Å². The maximum absolute atomic E-state index is 12.1. The maximum Gasteiger partial charge on any atom is 0.273 e. The molecule has 0 spiro atoms. The van der Waals surface area contributed by atoms with E-state index in [2.05, 4.69) is 27.3 Å². The number of thiophene rings is 1. The molecule has 1 aliphatic heterocycles. The van der Waals surface area contributed by atoms with Crippen LogP contribution in [-0.4, -0.2) is 67.2 Å². The van der Waals surface area contributed by atoms with Crippen molar-refractivity contribution in [2.45, 2.75) is 19.3 Å². The Labute approximate surface area is 152 Å². The Hall–Kier alpha value is -1.70. The van der Waals surface area contributed by atoms with E-state index < -0.39 is 0 Å². The normalized spacial score (nSPS) is 16.2. The van der Waals surface area contributed by atoms with Crippen LogP contribution in [0.25, 0.3) is 10.6 Å². The first kappa shape index (κ1) is 18.1. The van der Waals surface area contributed by atoms with Gasteiger partial charge >= 0.3 is 0 Å². The highest BCUT2D eigenvalue weighted by Gasteiger charge is 2.14. The highest BCUT2D eigenvalue weighted by atomic mass is 32.1. The zero-order valence-electron chi connectivity index (χ0n) is 14.7. The second kappa shape index (κ2) is 9.12. The Kier molecular flexibility index (Phi) is 6.61. The summed E-state index contributed by atoms with van der Waals surface area (Å²) in [6.45, 7) is 6.53. The van der Waals surface area contributed by atoms with E-state index in [4.69, 9.17) is 4.52 Å². The van der Waals surface area contributed by atoms with Crippen molar-refractivity contribution in [2.75, 3.05) is 46.3 Å². The van der Waals surface area contributed by atoms with Gasteiger partial charge in [0.05, 0.1) is 4.88 Å². The minimum absolute atomic E-state index is 0.161. The molecule has 0 atom stereocenters. The number of likely N-dealkylation sites (N-methyl/N-ethyl adjacent to an activating group) is 1. The summed E-state index contributed by atoms with van der Waals surface area (Å²) in [6.07, 6.45) is 3.31. The molecule has 2 aromatic heterocycles. The quantitative estimate of drug-likeness (QED) is 0.731. The first-order valence-electron chi connectivity index (χ1n) is 8.92. The molecule has 3 rings (SSSR count). The van der Waals surface area contributed by atoms with Crippen LogP contribution >= 0.6 is 11.3 Å². The summed E-state index contributed by atoms with van der Waals surface area (Å²) in [6, 6.07) is 5.60. The lowest BCUT2D eigenvalue weighted by Crippen LogP contribution is -2.44. The molecule has 0 radical (unpaired) electrons. The molecule has 0 aliphatic carbocycles. The van der Waals surface area contributed by atoms with Crippen molar-refractivity contribution < 1.29 is 9.32 Å². The summed E-state index contributed by atoms with van der Waals surface area (Å²) in [7, 11) is 2.18. The molecule has 0 saturated carbocycles. The van der Waals surface area contributed by atoms with Crippen molar-refractivity contribution in [1.29, 1.82) is 0 Å². The van der Waals surface area contributed by atoms with Gasteiger partial charge in [-0.25, -0.2) is 0 Å². The summed E-state index contributed by atoms with van der Waals surface area (Å²) in [5.41, 5.74) is 0.348. The van der Waals surface area contributed by atoms with Gasteiger partial charge in [-0.2, -0.15) is 0 Å². The Morgan fingerprint density at radius 2 is 2.12 bits per heavy atom. The van der Waals surface area contributed by atoms with E-state index in [1.165, 1.54) is 32.6 Å². The molecule has 6 nitrogen and oxygen atoms in total. The predicted octanol–water partition coefficient (Wildman–Crippen LogP) is 2.55. The zero-order valence-corrected chi connectivity index (χ0v) is 15.6. The number of hydrogen-bond acceptors (Lipinski definition) is 6. The van der Waals surface area contributed by atoms with Crippen LogP contribution in [0.3, 0.4) is 0 Å². The summed E-state index contributed by atoms with van der Waals surface area (Å²) >= 11 is 1.57. The predicted molar refractivity (Wildman–Crippen MR) is 99.9 cm³/mol. The molecule has 7 heteroatoms. The highest BCUT2D eigenvalue weighted by Crippen LogP contribution is 2.24. The summed E-state index contributed by atoms with van der Waals surface area (Å²) in [4.78, 5) is 18.0. The molecule has 136 valence electrons. The lowest BCUT2D eigenvalue weighted by molar-refractivity contribution is 0.0943. The molecule has 1 N–H and O–H groups in total. The number of carbonyl (C=O) groups excluding carboxylic acids is 1. The topological polar surface area (TPSA) is 61.6 Å². The number of amides is 1. The Morgan fingerprint density at radius 3 is 2.88 bits per heavy atom. The minimum atomic E-state index is -0.161. The third-order valence-corrected chi connectivity index (χ3v) is 5.42. The molecule has 1 amide bonds. The van der Waals surface area contributed by atoms with Crippen LogP contribution in [0.2, 0.25) is 0 Å². The second-order valence-corrected chi connectivity index (χ2v) is 7.46. The molecular weight excluding hydrogens is 336 g/mol. The average molecular weight is 362 g/mol. The number of hydrogen-bond donors (Lipinski definition) is 1. The standard InChI is InChI=1S/C18H26N4O2S/c1-21-9-11-22(12-10-21)8-4-2-3-7-19-18(23)15-14-16(24-20-15)17-6-5-13-25-17/h5-6,13-14H,2-4,7-12H2,1H3,(H,19,23). The van der Waals surface area contributed by atoms with Gasteiger partial charge in [-0.05, 0) is 37.9 Å². The number of piperazine rings is 1. The molecule has 1 fully saturated rings. The van der Waals surface area contributed by atoms with Crippen molar-refractivity contribution in [1.82, 2.24) is 20.3 Å². The van der Waals surface area contributed by atoms with Crippen LogP contribution in [-0.2, 0) is 0 Å². The fourth-order valence-electron chi connectivity index (χ4n) is 2.92. The molecule has 0 unspecified atom stereocenters. The smallest absolute Gasteiger partial charge is 0.273 e. The van der Waals surface area contributed by atoms with E-state index in [1.807, 2.05) is 17.5 Å². The average Bonchev–Trinajstić information content (AvgIpc) is 3.30. The van der Waals surface area contributed by atoms with E-state index in [0.29, 0.717) is 18.0 Å². The lowest BCUT2D eigenvalue weighted by atomic mass is 10.2. The number of aromatic nitrogens is 1. The molecule has 2 aromatic rings. The Balaban J connectivity index is 1.29. The Bertz CT molecular complexity index is 648. The first-order valence-corrected chi connectivity index (χ1v) is 9.80. The van der Waals surface area contributed by atoms with Crippen LogP contribution in [0.1, 0.15) is 29.8 Å². The molecular formula is C18H26N4O2S. The monoisotopic (exact) mass is 362 g/mol. The summed E-state index contributed by atoms with van der Waals surface area (Å²) in [5.74, 6) is 0.484. The van der Waals surface area contributed by atoms with E-state index >= 15 is 0 Å². The lowest BCUT2D eigenvalue weighted by Gasteiger charge is -2.32. The van der Waals surface area contributed by atoms with Crippen LogP contribution in [0.15, 0.2) is 28.1 Å². The van der Waals surface area contributed by atoms with E-state index in [9.17, 15) is 4.79 Å². The first-order chi connectivity index (χ1) is 12.2. The van der Waals surface area contributed by atoms with Crippen molar-refractivity contribution in [3.8, 4) is 10.6 Å². The molecule has 0 aromatic carbocycles. The number of nitrogens with one attached hydrogen (secondary N) is 1. The van der Waals surface area contributed by atoms with Gasteiger partial charge in [-0.15, -0.1) is 11.3 Å². The molecule has 25 heavy (non-hydrogen) atoms. The van der Waals surface area contributed by atoms with Gasteiger partial charge in [0, 0.05) is 38.8 Å². The third-order valence-electron chi connectivity index (χ3n) is 4.54. The maximum atomic E-state index is 12.1. The van der Waals surface area contributed by atoms with E-state index in [1.54, 1.807) is 17.4 Å².